The predicted octanol–water partition coefficient (Wildman–Crippen LogP) is 4.06. The molecular weight excluding hydrogens is 430 g/mol. The van der Waals surface area contributed by atoms with Gasteiger partial charge in [-0.25, -0.2) is 4.98 Å². The molecule has 2 heterocycles. The van der Waals surface area contributed by atoms with Crippen LogP contribution in [0.3, 0.4) is 0 Å². The van der Waals surface area contributed by atoms with Crippen LogP contribution in [0.2, 0.25) is 5.02 Å². The van der Waals surface area contributed by atoms with Crippen LogP contribution in [0.4, 0.5) is 0 Å². The fourth-order valence-electron chi connectivity index (χ4n) is 3.85. The van der Waals surface area contributed by atoms with Gasteiger partial charge in [0.25, 0.3) is 11.7 Å². The van der Waals surface area contributed by atoms with Gasteiger partial charge in [0, 0.05) is 36.1 Å². The summed E-state index contributed by atoms with van der Waals surface area (Å²) in [5, 5.41) is 11.6. The van der Waals surface area contributed by atoms with Gasteiger partial charge in [0.05, 0.1) is 25.1 Å². The van der Waals surface area contributed by atoms with E-state index >= 15 is 0 Å². The molecule has 0 radical (unpaired) electrons. The minimum Gasteiger partial charge on any atom is -0.507 e. The third kappa shape index (κ3) is 4.24. The molecular formula is C24H22ClN3O4. The summed E-state index contributed by atoms with van der Waals surface area (Å²) in [6.07, 6.45) is 5.85. The number of rotatable bonds is 7. The monoisotopic (exact) mass is 451 g/mol. The lowest BCUT2D eigenvalue weighted by Gasteiger charge is -2.25. The first-order chi connectivity index (χ1) is 15.5. The van der Waals surface area contributed by atoms with Crippen molar-refractivity contribution in [2.24, 2.45) is 0 Å². The molecule has 164 valence electrons. The number of aryl methyl sites for hydroxylation is 1. The second-order valence-electron chi connectivity index (χ2n) is 7.43. The molecule has 32 heavy (non-hydrogen) atoms. The average molecular weight is 452 g/mol. The number of benzene rings is 2. The normalized spacial score (nSPS) is 17.7. The van der Waals surface area contributed by atoms with Crippen molar-refractivity contribution in [3.05, 3.63) is 89.0 Å². The van der Waals surface area contributed by atoms with E-state index in [4.69, 9.17) is 16.3 Å². The van der Waals surface area contributed by atoms with Crippen LogP contribution >= 0.6 is 11.6 Å². The molecule has 1 atom stereocenters. The molecule has 0 saturated carbocycles. The number of aromatic nitrogens is 2. The highest BCUT2D eigenvalue weighted by Gasteiger charge is 2.45. The highest BCUT2D eigenvalue weighted by atomic mass is 35.5. The van der Waals surface area contributed by atoms with E-state index in [9.17, 15) is 14.7 Å². The molecule has 1 aliphatic heterocycles. The second-order valence-corrected chi connectivity index (χ2v) is 7.86. The Morgan fingerprint density at radius 3 is 2.44 bits per heavy atom. The number of likely N-dealkylation sites (tertiary alicyclic amines) is 1. The summed E-state index contributed by atoms with van der Waals surface area (Å²) < 4.78 is 7.07. The molecule has 0 bridgehead atoms. The zero-order chi connectivity index (χ0) is 22.7. The molecule has 1 unspecified atom stereocenters. The number of carbonyl (C=O) groups is 2. The number of hydrogen-bond acceptors (Lipinski definition) is 5. The Morgan fingerprint density at radius 1 is 1.09 bits per heavy atom. The van der Waals surface area contributed by atoms with Crippen molar-refractivity contribution in [1.29, 1.82) is 0 Å². The number of ether oxygens (including phenoxy) is 1. The van der Waals surface area contributed by atoms with Gasteiger partial charge in [-0.3, -0.25) is 9.59 Å². The summed E-state index contributed by atoms with van der Waals surface area (Å²) in [6.45, 7) is 0.990. The number of methoxy groups -OCH3 is 1. The summed E-state index contributed by atoms with van der Waals surface area (Å²) >= 11 is 6.05. The Kier molecular flexibility index (Phi) is 6.28. The highest BCUT2D eigenvalue weighted by Crippen LogP contribution is 2.39. The van der Waals surface area contributed by atoms with Crippen molar-refractivity contribution >= 4 is 29.1 Å². The Hall–Kier alpha value is -3.58. The predicted molar refractivity (Wildman–Crippen MR) is 120 cm³/mol. The number of aliphatic hydroxyl groups excluding tert-OH is 1. The number of ketones is 1. The Labute approximate surface area is 190 Å². The maximum atomic E-state index is 13.0. The molecule has 8 heteroatoms. The largest absolute Gasteiger partial charge is 0.507 e. The first kappa shape index (κ1) is 21.6. The number of imidazole rings is 1. The van der Waals surface area contributed by atoms with E-state index in [1.807, 2.05) is 10.8 Å². The Bertz CT molecular complexity index is 1140. The highest BCUT2D eigenvalue weighted by molar-refractivity contribution is 6.46. The first-order valence-corrected chi connectivity index (χ1v) is 10.5. The summed E-state index contributed by atoms with van der Waals surface area (Å²) in [4.78, 5) is 31.5. The Morgan fingerprint density at radius 2 is 1.81 bits per heavy atom. The minimum atomic E-state index is -0.711. The first-order valence-electron chi connectivity index (χ1n) is 10.1. The van der Waals surface area contributed by atoms with E-state index in [2.05, 4.69) is 4.98 Å². The van der Waals surface area contributed by atoms with Crippen LogP contribution in [-0.4, -0.2) is 44.9 Å². The van der Waals surface area contributed by atoms with Gasteiger partial charge in [0.1, 0.15) is 11.5 Å². The van der Waals surface area contributed by atoms with Crippen LogP contribution in [0.1, 0.15) is 23.6 Å². The van der Waals surface area contributed by atoms with E-state index in [0.717, 1.165) is 0 Å². The number of nitrogens with zero attached hydrogens (tertiary/aromatic N) is 3. The lowest BCUT2D eigenvalue weighted by Crippen LogP contribution is -2.31. The van der Waals surface area contributed by atoms with Gasteiger partial charge >= 0.3 is 0 Å². The summed E-state index contributed by atoms with van der Waals surface area (Å²) in [5.41, 5.74) is 1.19. The Balaban J connectivity index is 1.71. The van der Waals surface area contributed by atoms with Crippen LogP contribution in [0.25, 0.3) is 5.76 Å². The van der Waals surface area contributed by atoms with E-state index in [-0.39, 0.29) is 11.3 Å². The number of aliphatic hydroxyl groups is 1. The number of amides is 1. The molecule has 0 aliphatic carbocycles. The molecule has 1 N–H and O–H groups in total. The lowest BCUT2D eigenvalue weighted by molar-refractivity contribution is -0.139. The topological polar surface area (TPSA) is 84.7 Å². The molecule has 1 aliphatic rings. The van der Waals surface area contributed by atoms with Crippen LogP contribution < -0.4 is 4.74 Å². The maximum absolute atomic E-state index is 13.0. The third-order valence-electron chi connectivity index (χ3n) is 5.46. The molecule has 1 amide bonds. The van der Waals surface area contributed by atoms with Gasteiger partial charge in [-0.15, -0.1) is 0 Å². The fraction of sp³-hybridized carbons (Fsp3) is 0.208. The summed E-state index contributed by atoms with van der Waals surface area (Å²) in [6, 6.07) is 12.9. The zero-order valence-electron chi connectivity index (χ0n) is 17.4. The molecule has 1 fully saturated rings. The SMILES string of the molecule is COc1ccc(/C(O)=C2/C(=O)C(=O)N(CCCn3ccnc3)C2c2ccc(Cl)cc2)cc1. The minimum absolute atomic E-state index is 0.0603. The van der Waals surface area contributed by atoms with Gasteiger partial charge in [0.2, 0.25) is 0 Å². The van der Waals surface area contributed by atoms with Crippen molar-refractivity contribution in [3.63, 3.8) is 0 Å². The second kappa shape index (κ2) is 9.28. The van der Waals surface area contributed by atoms with Crippen molar-refractivity contribution < 1.29 is 19.4 Å². The van der Waals surface area contributed by atoms with E-state index < -0.39 is 17.7 Å². The van der Waals surface area contributed by atoms with Crippen LogP contribution in [0.5, 0.6) is 5.75 Å². The number of hydrogen-bond donors (Lipinski definition) is 1. The zero-order valence-corrected chi connectivity index (χ0v) is 18.2. The average Bonchev–Trinajstić information content (AvgIpc) is 3.41. The summed E-state index contributed by atoms with van der Waals surface area (Å²) in [5.74, 6) is -0.939. The van der Waals surface area contributed by atoms with Crippen molar-refractivity contribution in [2.75, 3.05) is 13.7 Å². The van der Waals surface area contributed by atoms with Gasteiger partial charge in [-0.05, 0) is 48.4 Å². The quantitative estimate of drug-likeness (QED) is 0.332. The lowest BCUT2D eigenvalue weighted by atomic mass is 9.95. The summed E-state index contributed by atoms with van der Waals surface area (Å²) in [7, 11) is 1.55. The molecule has 4 rings (SSSR count). The molecule has 1 aromatic heterocycles. The number of carbonyl (C=O) groups excluding carboxylic acids is 2. The van der Waals surface area contributed by atoms with Crippen LogP contribution in [-0.2, 0) is 16.1 Å². The molecule has 1 saturated heterocycles. The molecule has 7 nitrogen and oxygen atoms in total. The number of Topliss-reactive ketones (excluding diaryl/α,β-unsaturated/α-hetero) is 1. The standard InChI is InChI=1S/C24H22ClN3O4/c1-32-19-9-5-17(6-10-19)22(29)20-21(16-3-7-18(25)8-4-16)28(24(31)23(20)30)13-2-12-27-14-11-26-15-27/h3-11,14-15,21,29H,2,12-13H2,1H3/b22-20-. The third-order valence-corrected chi connectivity index (χ3v) is 5.72. The van der Waals surface area contributed by atoms with Gasteiger partial charge < -0.3 is 19.3 Å². The smallest absolute Gasteiger partial charge is 0.295 e. The van der Waals surface area contributed by atoms with Crippen molar-refractivity contribution in [2.45, 2.75) is 19.0 Å². The van der Waals surface area contributed by atoms with Gasteiger partial charge in [-0.1, -0.05) is 23.7 Å². The van der Waals surface area contributed by atoms with E-state index in [0.29, 0.717) is 41.4 Å². The van der Waals surface area contributed by atoms with E-state index in [1.54, 1.807) is 68.2 Å². The van der Waals surface area contributed by atoms with Gasteiger partial charge in [0.15, 0.2) is 0 Å². The molecule has 0 spiro atoms. The van der Waals surface area contributed by atoms with E-state index in [1.165, 1.54) is 4.90 Å². The van der Waals surface area contributed by atoms with Crippen LogP contribution in [0, 0.1) is 0 Å². The van der Waals surface area contributed by atoms with Crippen LogP contribution in [0.15, 0.2) is 72.8 Å². The molecule has 3 aromatic rings. The van der Waals surface area contributed by atoms with Crippen molar-refractivity contribution in [1.82, 2.24) is 14.5 Å². The molecule has 2 aromatic carbocycles. The fourth-order valence-corrected chi connectivity index (χ4v) is 3.98. The van der Waals surface area contributed by atoms with Crippen molar-refractivity contribution in [3.8, 4) is 5.75 Å². The van der Waals surface area contributed by atoms with Gasteiger partial charge in [-0.2, -0.15) is 0 Å². The maximum Gasteiger partial charge on any atom is 0.295 e. The number of halogens is 1.